The van der Waals surface area contributed by atoms with Gasteiger partial charge in [-0.2, -0.15) is 0 Å². The first kappa shape index (κ1) is 42.7. The third-order valence-electron chi connectivity index (χ3n) is 11.9. The van der Waals surface area contributed by atoms with Crippen LogP contribution in [0.1, 0.15) is 104 Å². The Morgan fingerprint density at radius 1 is 0.517 bits per heavy atom. The summed E-state index contributed by atoms with van der Waals surface area (Å²) in [4.78, 5) is 15.3. The van der Waals surface area contributed by atoms with E-state index in [1.165, 1.54) is 16.7 Å². The Hall–Kier alpha value is -5.38. The predicted molar refractivity (Wildman–Crippen MR) is 246 cm³/mol. The molecule has 0 aliphatic heterocycles. The van der Waals surface area contributed by atoms with Gasteiger partial charge in [0.2, 0.25) is 0 Å². The maximum absolute atomic E-state index is 11.7. The first-order valence-corrected chi connectivity index (χ1v) is 20.7. The molecule has 6 heteroatoms. The van der Waals surface area contributed by atoms with Gasteiger partial charge in [-0.25, -0.2) is 4.98 Å². The normalized spacial score (nSPS) is 12.5. The second kappa shape index (κ2) is 15.6. The average Bonchev–Trinajstić information content (AvgIpc) is 3.59. The largest absolute Gasteiger partial charge is 0.507 e. The number of hydrogen-bond acceptors (Lipinski definition) is 4. The van der Waals surface area contributed by atoms with E-state index in [-0.39, 0.29) is 48.5 Å². The van der Waals surface area contributed by atoms with Crippen molar-refractivity contribution >= 4 is 21.9 Å². The van der Waals surface area contributed by atoms with E-state index in [1.807, 2.05) is 30.6 Å². The summed E-state index contributed by atoms with van der Waals surface area (Å²) < 4.78 is 2.23. The summed E-state index contributed by atoms with van der Waals surface area (Å²) in [7, 11) is 0. The zero-order valence-electron chi connectivity index (χ0n) is 36.7. The van der Waals surface area contributed by atoms with Gasteiger partial charge in [-0.15, -0.1) is 17.7 Å². The molecule has 8 rings (SSSR count). The molecule has 0 atom stereocenters. The third-order valence-corrected chi connectivity index (χ3v) is 11.9. The fourth-order valence-corrected chi connectivity index (χ4v) is 7.99. The van der Waals surface area contributed by atoms with Crippen LogP contribution in [0.5, 0.6) is 5.75 Å². The minimum atomic E-state index is -0.374. The summed E-state index contributed by atoms with van der Waals surface area (Å²) >= 11 is 0. The molecular weight excluding hydrogens is 916 g/mol. The molecule has 5 nitrogen and oxygen atoms in total. The monoisotopic (exact) mass is 970 g/mol. The Balaban J connectivity index is 0.00000544. The van der Waals surface area contributed by atoms with E-state index in [4.69, 9.17) is 15.0 Å². The average molecular weight is 971 g/mol. The zero-order chi connectivity index (χ0) is 42.1. The molecule has 8 aromatic rings. The second-order valence-corrected chi connectivity index (χ2v) is 19.6. The Labute approximate surface area is 370 Å². The number of hydrogen-bond donors (Lipinski definition) is 1. The molecule has 0 unspecified atom stereocenters. The van der Waals surface area contributed by atoms with Crippen LogP contribution in [0.4, 0.5) is 0 Å². The van der Waals surface area contributed by atoms with Gasteiger partial charge >= 0.3 is 0 Å². The van der Waals surface area contributed by atoms with Gasteiger partial charge in [-0.05, 0) is 97.7 Å². The van der Waals surface area contributed by atoms with Crippen LogP contribution >= 0.6 is 0 Å². The number of pyridine rings is 2. The van der Waals surface area contributed by atoms with E-state index in [2.05, 4.69) is 178 Å². The predicted octanol–water partition coefficient (Wildman–Crippen LogP) is 13.7. The summed E-state index contributed by atoms with van der Waals surface area (Å²) in [5.41, 5.74) is 13.1. The molecule has 3 aromatic heterocycles. The van der Waals surface area contributed by atoms with Crippen molar-refractivity contribution < 1.29 is 26.2 Å². The number of phenolic OH excluding ortho intramolecular Hbond substituents is 1. The molecule has 0 aliphatic carbocycles. The van der Waals surface area contributed by atoms with E-state index in [1.54, 1.807) is 6.07 Å². The standard InChI is InChI=1S/C54H55N4O.Pt/c1-51(2,3)36-19-22-41(23-20-36)58-46-33-40(54(10,11)37-17-13-12-14-18-37)32-42(49(46)57-50(58)44-30-38(52(4,5)6)21-24-47(44)59)34-25-27-55-45(29-34)43-31-39(53(7,8)9)28-35-16-15-26-56-48(35)43;/h12-28,30-33,59H,1-11H3;/q-1;. The first-order chi connectivity index (χ1) is 27.8. The fraction of sp³-hybridized carbons (Fsp3) is 0.278. The molecule has 308 valence electrons. The van der Waals surface area contributed by atoms with Crippen LogP contribution in [-0.2, 0) is 42.7 Å². The number of phenols is 1. The molecule has 0 amide bonds. The molecule has 5 aromatic carbocycles. The number of aromatic hydroxyl groups is 1. The van der Waals surface area contributed by atoms with Crippen molar-refractivity contribution in [3.05, 3.63) is 162 Å². The van der Waals surface area contributed by atoms with E-state index < -0.39 is 0 Å². The van der Waals surface area contributed by atoms with Crippen LogP contribution in [-0.4, -0.2) is 24.6 Å². The minimum Gasteiger partial charge on any atom is -0.507 e. The number of nitrogens with zero attached hydrogens (tertiary/aromatic N) is 4. The molecule has 0 spiro atoms. The third kappa shape index (κ3) is 7.97. The summed E-state index contributed by atoms with van der Waals surface area (Å²) in [5.74, 6) is 0.855. The van der Waals surface area contributed by atoms with Gasteiger partial charge in [0.05, 0.1) is 16.6 Å². The molecule has 0 saturated heterocycles. The van der Waals surface area contributed by atoms with E-state index in [0.717, 1.165) is 61.1 Å². The molecular formula is C54H55N4OPt-. The van der Waals surface area contributed by atoms with Crippen molar-refractivity contribution in [2.24, 2.45) is 0 Å². The maximum Gasteiger partial charge on any atom is 0.148 e. The van der Waals surface area contributed by atoms with Crippen LogP contribution < -0.4 is 0 Å². The number of rotatable bonds is 6. The number of benzene rings is 5. The van der Waals surface area contributed by atoms with E-state index >= 15 is 0 Å². The van der Waals surface area contributed by atoms with Gasteiger partial charge in [-0.3, -0.25) is 14.5 Å². The van der Waals surface area contributed by atoms with Gasteiger partial charge in [0.1, 0.15) is 11.6 Å². The Bertz CT molecular complexity index is 2850. The maximum atomic E-state index is 11.7. The molecule has 0 radical (unpaired) electrons. The van der Waals surface area contributed by atoms with Crippen molar-refractivity contribution in [3.8, 4) is 45.2 Å². The zero-order valence-corrected chi connectivity index (χ0v) is 38.9. The van der Waals surface area contributed by atoms with Gasteiger partial charge in [0.25, 0.3) is 0 Å². The Kier molecular flexibility index (Phi) is 11.1. The van der Waals surface area contributed by atoms with Gasteiger partial charge in [0.15, 0.2) is 0 Å². The number of imidazole rings is 1. The second-order valence-electron chi connectivity index (χ2n) is 19.6. The van der Waals surface area contributed by atoms with Crippen LogP contribution in [0, 0.1) is 6.07 Å². The van der Waals surface area contributed by atoms with Gasteiger partial charge < -0.3 is 5.11 Å². The van der Waals surface area contributed by atoms with Crippen LogP contribution in [0.15, 0.2) is 128 Å². The number of fused-ring (bicyclic) bond motifs is 2. The van der Waals surface area contributed by atoms with Crippen molar-refractivity contribution in [1.29, 1.82) is 0 Å². The van der Waals surface area contributed by atoms with Crippen molar-refractivity contribution in [3.63, 3.8) is 0 Å². The van der Waals surface area contributed by atoms with Crippen LogP contribution in [0.3, 0.4) is 0 Å². The molecule has 1 N–H and O–H groups in total. The molecule has 3 heterocycles. The van der Waals surface area contributed by atoms with Crippen LogP contribution in [0.25, 0.3) is 61.4 Å². The number of aromatic nitrogens is 4. The van der Waals surface area contributed by atoms with Crippen molar-refractivity contribution in [2.75, 3.05) is 0 Å². The molecule has 0 saturated carbocycles. The van der Waals surface area contributed by atoms with Gasteiger partial charge in [-0.1, -0.05) is 160 Å². The van der Waals surface area contributed by atoms with Crippen molar-refractivity contribution in [1.82, 2.24) is 19.5 Å². The van der Waals surface area contributed by atoms with E-state index in [9.17, 15) is 5.11 Å². The summed E-state index contributed by atoms with van der Waals surface area (Å²) in [5, 5.41) is 12.7. The SMILES string of the molecule is CC(C)(C)c1ccc(-n2c(-c3cc(C(C)(C)C)ccc3O)nc3c(-c4[c-]c(-c5cc(C(C)(C)C)cc6cccnc56)ncc4)cc(C(C)(C)c4ccccc4)cc32)cc1.[Pt]. The van der Waals surface area contributed by atoms with Crippen LogP contribution in [0.2, 0.25) is 0 Å². The molecule has 60 heavy (non-hydrogen) atoms. The molecule has 0 aliphatic rings. The minimum absolute atomic E-state index is 0. The Morgan fingerprint density at radius 2 is 1.15 bits per heavy atom. The summed E-state index contributed by atoms with van der Waals surface area (Å²) in [6, 6.07) is 44.3. The summed E-state index contributed by atoms with van der Waals surface area (Å²) in [6.45, 7) is 24.6. The molecule has 0 bridgehead atoms. The summed E-state index contributed by atoms with van der Waals surface area (Å²) in [6.07, 6.45) is 3.72. The quantitative estimate of drug-likeness (QED) is 0.169. The van der Waals surface area contributed by atoms with Crippen molar-refractivity contribution in [2.45, 2.75) is 97.8 Å². The smallest absolute Gasteiger partial charge is 0.148 e. The fourth-order valence-electron chi connectivity index (χ4n) is 7.99. The first-order valence-electron chi connectivity index (χ1n) is 20.7. The Morgan fingerprint density at radius 3 is 1.82 bits per heavy atom. The topological polar surface area (TPSA) is 63.8 Å². The van der Waals surface area contributed by atoms with E-state index in [0.29, 0.717) is 11.4 Å². The molecule has 0 fully saturated rings. The van der Waals surface area contributed by atoms with Gasteiger partial charge in [0, 0.05) is 43.9 Å².